The number of hydrogen-bond acceptors (Lipinski definition) is 5. The lowest BCUT2D eigenvalue weighted by Gasteiger charge is -2.10. The monoisotopic (exact) mass is 299 g/mol. The molecule has 0 saturated carbocycles. The van der Waals surface area contributed by atoms with Crippen LogP contribution in [0.1, 0.15) is 25.2 Å². The van der Waals surface area contributed by atoms with Crippen molar-refractivity contribution in [2.45, 2.75) is 30.8 Å². The van der Waals surface area contributed by atoms with E-state index in [0.717, 1.165) is 0 Å². The van der Waals surface area contributed by atoms with Crippen LogP contribution in [0.3, 0.4) is 0 Å². The lowest BCUT2D eigenvalue weighted by atomic mass is 10.3. The molecule has 0 aliphatic heterocycles. The Labute approximate surface area is 116 Å². The summed E-state index contributed by atoms with van der Waals surface area (Å²) in [7, 11) is -3.65. The number of hydrogen-bond donors (Lipinski definition) is 3. The quantitative estimate of drug-likeness (QED) is 0.667. The van der Waals surface area contributed by atoms with Crippen LogP contribution in [0.5, 0.6) is 0 Å². The van der Waals surface area contributed by atoms with Crippen molar-refractivity contribution in [2.24, 2.45) is 0 Å². The van der Waals surface area contributed by atoms with Crippen molar-refractivity contribution in [1.82, 2.24) is 24.5 Å². The van der Waals surface area contributed by atoms with Gasteiger partial charge in [0.2, 0.25) is 10.0 Å². The molecule has 0 radical (unpaired) electrons. The zero-order chi connectivity index (χ0) is 14.6. The van der Waals surface area contributed by atoms with Crippen LogP contribution in [-0.4, -0.2) is 39.9 Å². The number of imidazole rings is 1. The summed E-state index contributed by atoms with van der Waals surface area (Å²) in [5, 5.41) is 12.7. The van der Waals surface area contributed by atoms with Gasteiger partial charge in [0.1, 0.15) is 10.7 Å². The Morgan fingerprint density at radius 3 is 3.00 bits per heavy atom. The van der Waals surface area contributed by atoms with Crippen LogP contribution in [0, 0.1) is 0 Å². The molecule has 0 aliphatic carbocycles. The number of nitrogens with zero attached hydrogens (tertiary/aromatic N) is 3. The Balaban J connectivity index is 2.08. The molecule has 0 aromatic carbocycles. The van der Waals surface area contributed by atoms with Crippen LogP contribution in [0.4, 0.5) is 0 Å². The van der Waals surface area contributed by atoms with E-state index in [-0.39, 0.29) is 11.5 Å². The third-order valence-corrected chi connectivity index (χ3v) is 4.22. The van der Waals surface area contributed by atoms with E-state index in [4.69, 9.17) is 5.11 Å². The van der Waals surface area contributed by atoms with Crippen LogP contribution < -0.4 is 4.72 Å². The summed E-state index contributed by atoms with van der Waals surface area (Å²) in [6.07, 6.45) is 6.44. The summed E-state index contributed by atoms with van der Waals surface area (Å²) >= 11 is 0. The number of aryl methyl sites for hydroxylation is 1. The molecule has 0 aliphatic rings. The van der Waals surface area contributed by atoms with Gasteiger partial charge in [0.15, 0.2) is 0 Å². The highest BCUT2D eigenvalue weighted by molar-refractivity contribution is 7.89. The maximum absolute atomic E-state index is 12.2. The Kier molecular flexibility index (Phi) is 4.53. The van der Waals surface area contributed by atoms with Gasteiger partial charge >= 0.3 is 0 Å². The van der Waals surface area contributed by atoms with Gasteiger partial charge in [-0.05, 0) is 13.3 Å². The van der Waals surface area contributed by atoms with Gasteiger partial charge in [-0.25, -0.2) is 18.1 Å². The zero-order valence-corrected chi connectivity index (χ0v) is 11.8. The average Bonchev–Trinajstić information content (AvgIpc) is 3.07. The summed E-state index contributed by atoms with van der Waals surface area (Å²) in [6.45, 7) is 2.21. The van der Waals surface area contributed by atoms with Crippen molar-refractivity contribution >= 4 is 10.0 Å². The Hall–Kier alpha value is -1.71. The molecular formula is C11H17N5O3S. The highest BCUT2D eigenvalue weighted by atomic mass is 32.2. The summed E-state index contributed by atoms with van der Waals surface area (Å²) in [6, 6.07) is -0.462. The number of aromatic nitrogens is 4. The fourth-order valence-corrected chi connectivity index (χ4v) is 2.87. The minimum Gasteiger partial charge on any atom is -0.396 e. The van der Waals surface area contributed by atoms with E-state index in [0.29, 0.717) is 18.8 Å². The Bertz CT molecular complexity index is 635. The molecule has 8 nitrogen and oxygen atoms in total. The summed E-state index contributed by atoms with van der Waals surface area (Å²) in [5.74, 6) is 0.543. The van der Waals surface area contributed by atoms with Crippen LogP contribution in [0.2, 0.25) is 0 Å². The van der Waals surface area contributed by atoms with E-state index < -0.39 is 16.1 Å². The molecule has 2 aromatic heterocycles. The largest absolute Gasteiger partial charge is 0.396 e. The molecule has 20 heavy (non-hydrogen) atoms. The molecule has 0 fully saturated rings. The first-order valence-corrected chi connectivity index (χ1v) is 7.66. The molecule has 3 N–H and O–H groups in total. The number of nitrogens with one attached hydrogen (secondary N) is 2. The fraction of sp³-hybridized carbons (Fsp3) is 0.455. The predicted molar refractivity (Wildman–Crippen MR) is 71.3 cm³/mol. The smallest absolute Gasteiger partial charge is 0.244 e. The minimum absolute atomic E-state index is 0.0374. The molecule has 9 heteroatoms. The van der Waals surface area contributed by atoms with E-state index in [2.05, 4.69) is 19.8 Å². The highest BCUT2D eigenvalue weighted by Gasteiger charge is 2.21. The van der Waals surface area contributed by atoms with E-state index in [9.17, 15) is 8.42 Å². The second kappa shape index (κ2) is 6.16. The lowest BCUT2D eigenvalue weighted by Crippen LogP contribution is -2.27. The van der Waals surface area contributed by atoms with Crippen molar-refractivity contribution in [3.63, 3.8) is 0 Å². The first kappa shape index (κ1) is 14.7. The van der Waals surface area contributed by atoms with Gasteiger partial charge in [-0.15, -0.1) is 0 Å². The van der Waals surface area contributed by atoms with Gasteiger partial charge in [-0.1, -0.05) is 0 Å². The second-order valence-electron chi connectivity index (χ2n) is 4.33. The number of H-pyrrole nitrogens is 1. The van der Waals surface area contributed by atoms with Gasteiger partial charge in [-0.3, -0.25) is 4.68 Å². The van der Waals surface area contributed by atoms with Gasteiger partial charge in [0.25, 0.3) is 0 Å². The average molecular weight is 299 g/mol. The number of rotatable bonds is 7. The third-order valence-electron chi connectivity index (χ3n) is 2.73. The van der Waals surface area contributed by atoms with Gasteiger partial charge in [0.05, 0.1) is 12.2 Å². The fourth-order valence-electron chi connectivity index (χ4n) is 1.71. The first-order chi connectivity index (χ1) is 9.53. The normalized spacial score (nSPS) is 13.5. The molecule has 0 saturated heterocycles. The van der Waals surface area contributed by atoms with Crippen molar-refractivity contribution in [2.75, 3.05) is 6.61 Å². The maximum Gasteiger partial charge on any atom is 0.244 e. The number of sulfonamides is 1. The SMILES string of the molecule is CC(NS(=O)(=O)c1cnn(CCCO)c1)c1ncc[nH]1. The summed E-state index contributed by atoms with van der Waals surface area (Å²) in [4.78, 5) is 6.96. The highest BCUT2D eigenvalue weighted by Crippen LogP contribution is 2.13. The molecular weight excluding hydrogens is 282 g/mol. The van der Waals surface area contributed by atoms with Crippen LogP contribution >= 0.6 is 0 Å². The molecule has 1 atom stereocenters. The van der Waals surface area contributed by atoms with E-state index in [1.54, 1.807) is 19.3 Å². The zero-order valence-electron chi connectivity index (χ0n) is 11.0. The molecule has 0 bridgehead atoms. The summed E-state index contributed by atoms with van der Waals surface area (Å²) in [5.41, 5.74) is 0. The summed E-state index contributed by atoms with van der Waals surface area (Å²) < 4.78 is 28.3. The van der Waals surface area contributed by atoms with Gasteiger partial charge < -0.3 is 10.1 Å². The number of aliphatic hydroxyl groups excluding tert-OH is 1. The topological polar surface area (TPSA) is 113 Å². The molecule has 1 unspecified atom stereocenters. The molecule has 0 spiro atoms. The molecule has 2 aromatic rings. The Morgan fingerprint density at radius 1 is 1.55 bits per heavy atom. The first-order valence-electron chi connectivity index (χ1n) is 6.18. The lowest BCUT2D eigenvalue weighted by molar-refractivity contribution is 0.277. The minimum atomic E-state index is -3.65. The van der Waals surface area contributed by atoms with Crippen LogP contribution in [0.15, 0.2) is 29.7 Å². The second-order valence-corrected chi connectivity index (χ2v) is 6.05. The number of aliphatic hydroxyl groups is 1. The van der Waals surface area contributed by atoms with Crippen LogP contribution in [-0.2, 0) is 16.6 Å². The van der Waals surface area contributed by atoms with Crippen molar-refractivity contribution in [3.05, 3.63) is 30.6 Å². The van der Waals surface area contributed by atoms with Crippen LogP contribution in [0.25, 0.3) is 0 Å². The maximum atomic E-state index is 12.2. The van der Waals surface area contributed by atoms with Gasteiger partial charge in [0, 0.05) is 31.7 Å². The van der Waals surface area contributed by atoms with Crippen molar-refractivity contribution in [3.8, 4) is 0 Å². The van der Waals surface area contributed by atoms with E-state index in [1.165, 1.54) is 17.1 Å². The van der Waals surface area contributed by atoms with Crippen molar-refractivity contribution in [1.29, 1.82) is 0 Å². The van der Waals surface area contributed by atoms with Gasteiger partial charge in [-0.2, -0.15) is 5.10 Å². The standard InChI is InChI=1S/C11H17N5O3S/c1-9(11-12-3-4-13-11)15-20(18,19)10-7-14-16(8-10)5-2-6-17/h3-4,7-9,15,17H,2,5-6H2,1H3,(H,12,13). The van der Waals surface area contributed by atoms with Crippen molar-refractivity contribution < 1.29 is 13.5 Å². The predicted octanol–water partition coefficient (Wildman–Crippen LogP) is 0.0281. The molecule has 2 rings (SSSR count). The van der Waals surface area contributed by atoms with E-state index >= 15 is 0 Å². The third kappa shape index (κ3) is 3.44. The molecule has 2 heterocycles. The molecule has 0 amide bonds. The molecule has 110 valence electrons. The number of aromatic amines is 1. The Morgan fingerprint density at radius 2 is 2.35 bits per heavy atom. The van der Waals surface area contributed by atoms with E-state index in [1.807, 2.05) is 0 Å².